The van der Waals surface area contributed by atoms with E-state index < -0.39 is 11.7 Å². The molecule has 0 spiro atoms. The van der Waals surface area contributed by atoms with Crippen LogP contribution >= 0.6 is 0 Å². The first-order valence-corrected chi connectivity index (χ1v) is 6.07. The topological polar surface area (TPSA) is 74.1 Å². The second-order valence-corrected chi connectivity index (χ2v) is 3.90. The molecule has 5 nitrogen and oxygen atoms in total. The summed E-state index contributed by atoms with van der Waals surface area (Å²) in [5.41, 5.74) is 0.0816. The van der Waals surface area contributed by atoms with Gasteiger partial charge in [-0.3, -0.25) is 4.79 Å². The summed E-state index contributed by atoms with van der Waals surface area (Å²) in [6, 6.07) is 7.76. The van der Waals surface area contributed by atoms with Gasteiger partial charge in [-0.15, -0.1) is 0 Å². The first kappa shape index (κ1) is 15.7. The van der Waals surface area contributed by atoms with Crippen molar-refractivity contribution in [3.63, 3.8) is 0 Å². The molecule has 0 unspecified atom stereocenters. The Hall–Kier alpha value is -2.39. The summed E-state index contributed by atoms with van der Waals surface area (Å²) in [4.78, 5) is 11.7. The molecular weight excluding hydrogens is 261 g/mol. The molecule has 0 saturated heterocycles. The quantitative estimate of drug-likeness (QED) is 0.453. The molecule has 0 atom stereocenters. The Labute approximate surface area is 117 Å². The largest absolute Gasteiger partial charge is 0.385 e. The highest BCUT2D eigenvalue weighted by Crippen LogP contribution is 2.12. The molecule has 106 valence electrons. The number of ether oxygens (including phenoxy) is 1. The van der Waals surface area contributed by atoms with Gasteiger partial charge in [-0.1, -0.05) is 12.1 Å². The number of methoxy groups -OCH3 is 1. The Morgan fingerprint density at radius 3 is 2.90 bits per heavy atom. The summed E-state index contributed by atoms with van der Waals surface area (Å²) >= 11 is 0. The molecule has 0 aromatic heterocycles. The van der Waals surface area contributed by atoms with Gasteiger partial charge in [0.2, 0.25) is 0 Å². The molecule has 1 rings (SSSR count). The molecule has 2 N–H and O–H groups in total. The number of nitriles is 1. The number of carbonyl (C=O) groups excluding carboxylic acids is 1. The van der Waals surface area contributed by atoms with Crippen molar-refractivity contribution in [3.8, 4) is 6.07 Å². The number of rotatable bonds is 7. The summed E-state index contributed by atoms with van der Waals surface area (Å²) in [5.74, 6) is -0.964. The average molecular weight is 277 g/mol. The van der Waals surface area contributed by atoms with Gasteiger partial charge >= 0.3 is 0 Å². The molecule has 1 amide bonds. The van der Waals surface area contributed by atoms with E-state index in [-0.39, 0.29) is 11.3 Å². The molecule has 1 aromatic rings. The Morgan fingerprint density at radius 1 is 1.50 bits per heavy atom. The van der Waals surface area contributed by atoms with Crippen molar-refractivity contribution in [1.82, 2.24) is 5.32 Å². The average Bonchev–Trinajstić information content (AvgIpc) is 2.46. The van der Waals surface area contributed by atoms with Crippen LogP contribution in [0.15, 0.2) is 36.0 Å². The van der Waals surface area contributed by atoms with Gasteiger partial charge < -0.3 is 15.4 Å². The van der Waals surface area contributed by atoms with E-state index >= 15 is 0 Å². The maximum Gasteiger partial charge on any atom is 0.263 e. The number of nitrogens with one attached hydrogen (secondary N) is 2. The Kier molecular flexibility index (Phi) is 6.79. The van der Waals surface area contributed by atoms with Crippen LogP contribution in [0.2, 0.25) is 0 Å². The lowest BCUT2D eigenvalue weighted by atomic mass is 10.2. The third-order valence-corrected chi connectivity index (χ3v) is 2.42. The molecule has 20 heavy (non-hydrogen) atoms. The van der Waals surface area contributed by atoms with E-state index in [1.54, 1.807) is 25.3 Å². The fourth-order valence-corrected chi connectivity index (χ4v) is 1.39. The van der Waals surface area contributed by atoms with Crippen LogP contribution in [0.5, 0.6) is 0 Å². The zero-order chi connectivity index (χ0) is 14.8. The maximum atomic E-state index is 13.3. The number of halogens is 1. The van der Waals surface area contributed by atoms with Crippen molar-refractivity contribution < 1.29 is 13.9 Å². The van der Waals surface area contributed by atoms with Gasteiger partial charge in [0.15, 0.2) is 0 Å². The van der Waals surface area contributed by atoms with Crippen molar-refractivity contribution in [2.75, 3.05) is 25.6 Å². The lowest BCUT2D eigenvalue weighted by Crippen LogP contribution is -2.26. The SMILES string of the molecule is COCCCNC(=O)/C(C#N)=C\Nc1ccccc1F. The molecule has 6 heteroatoms. The van der Waals surface area contributed by atoms with E-state index in [0.717, 1.165) is 0 Å². The van der Waals surface area contributed by atoms with Crippen LogP contribution in [0.3, 0.4) is 0 Å². The molecule has 0 aliphatic carbocycles. The van der Waals surface area contributed by atoms with E-state index in [0.29, 0.717) is 19.6 Å². The van der Waals surface area contributed by atoms with Gasteiger partial charge in [-0.25, -0.2) is 4.39 Å². The van der Waals surface area contributed by atoms with Gasteiger partial charge in [0.05, 0.1) is 5.69 Å². The fourth-order valence-electron chi connectivity index (χ4n) is 1.39. The van der Waals surface area contributed by atoms with E-state index in [2.05, 4.69) is 10.6 Å². The van der Waals surface area contributed by atoms with Crippen molar-refractivity contribution in [2.45, 2.75) is 6.42 Å². The Bertz CT molecular complexity index is 523. The number of hydrogen-bond acceptors (Lipinski definition) is 4. The standard InChI is InChI=1S/C14H16FN3O2/c1-20-8-4-7-17-14(19)11(9-16)10-18-13-6-3-2-5-12(13)15/h2-3,5-6,10,18H,4,7-8H2,1H3,(H,17,19)/b11-10-. The van der Waals surface area contributed by atoms with Gasteiger partial charge in [0.1, 0.15) is 17.5 Å². The van der Waals surface area contributed by atoms with Crippen LogP contribution in [-0.2, 0) is 9.53 Å². The van der Waals surface area contributed by atoms with Gasteiger partial charge in [-0.2, -0.15) is 5.26 Å². The molecule has 0 radical (unpaired) electrons. The molecule has 0 heterocycles. The smallest absolute Gasteiger partial charge is 0.263 e. The molecule has 0 saturated carbocycles. The van der Waals surface area contributed by atoms with Crippen molar-refractivity contribution in [2.24, 2.45) is 0 Å². The highest BCUT2D eigenvalue weighted by Gasteiger charge is 2.08. The predicted octanol–water partition coefficient (Wildman–Crippen LogP) is 1.80. The van der Waals surface area contributed by atoms with Crippen molar-refractivity contribution >= 4 is 11.6 Å². The second kappa shape index (κ2) is 8.67. The molecule has 1 aromatic carbocycles. The summed E-state index contributed by atoms with van der Waals surface area (Å²) < 4.78 is 18.2. The minimum atomic E-state index is -0.507. The monoisotopic (exact) mass is 277 g/mol. The number of amides is 1. The van der Waals surface area contributed by atoms with Crippen LogP contribution in [0.25, 0.3) is 0 Å². The van der Waals surface area contributed by atoms with Crippen LogP contribution in [0, 0.1) is 17.1 Å². The summed E-state index contributed by atoms with van der Waals surface area (Å²) in [6.45, 7) is 0.935. The number of benzene rings is 1. The van der Waals surface area contributed by atoms with Crippen LogP contribution in [0.1, 0.15) is 6.42 Å². The maximum absolute atomic E-state index is 13.3. The van der Waals surface area contributed by atoms with Gasteiger partial charge in [0, 0.05) is 26.5 Å². The normalized spacial score (nSPS) is 10.8. The lowest BCUT2D eigenvalue weighted by molar-refractivity contribution is -0.117. The molecule has 0 aliphatic heterocycles. The van der Waals surface area contributed by atoms with E-state index in [9.17, 15) is 9.18 Å². The highest BCUT2D eigenvalue weighted by molar-refractivity contribution is 5.97. The Morgan fingerprint density at radius 2 is 2.25 bits per heavy atom. The molecule has 0 bridgehead atoms. The number of anilines is 1. The van der Waals surface area contributed by atoms with E-state index in [1.165, 1.54) is 18.3 Å². The first-order valence-electron chi connectivity index (χ1n) is 6.07. The molecular formula is C14H16FN3O2. The lowest BCUT2D eigenvalue weighted by Gasteiger charge is -2.05. The number of carbonyl (C=O) groups is 1. The molecule has 0 aliphatic rings. The van der Waals surface area contributed by atoms with Crippen molar-refractivity contribution in [3.05, 3.63) is 41.9 Å². The Balaban J connectivity index is 2.57. The first-order chi connectivity index (χ1) is 9.69. The van der Waals surface area contributed by atoms with Gasteiger partial charge in [-0.05, 0) is 18.6 Å². The van der Waals surface area contributed by atoms with Crippen molar-refractivity contribution in [1.29, 1.82) is 5.26 Å². The zero-order valence-corrected chi connectivity index (χ0v) is 11.1. The number of hydrogen-bond donors (Lipinski definition) is 2. The number of para-hydroxylation sites is 1. The summed E-state index contributed by atoms with van der Waals surface area (Å²) in [7, 11) is 1.57. The third kappa shape index (κ3) is 5.08. The molecule has 0 fully saturated rings. The summed E-state index contributed by atoms with van der Waals surface area (Å²) in [5, 5.41) is 14.1. The van der Waals surface area contributed by atoms with Crippen LogP contribution in [0.4, 0.5) is 10.1 Å². The van der Waals surface area contributed by atoms with E-state index in [4.69, 9.17) is 10.00 Å². The highest BCUT2D eigenvalue weighted by atomic mass is 19.1. The zero-order valence-electron chi connectivity index (χ0n) is 11.1. The van der Waals surface area contributed by atoms with E-state index in [1.807, 2.05) is 0 Å². The predicted molar refractivity (Wildman–Crippen MR) is 73.2 cm³/mol. The number of nitrogens with zero attached hydrogens (tertiary/aromatic N) is 1. The van der Waals surface area contributed by atoms with Crippen LogP contribution < -0.4 is 10.6 Å². The minimum Gasteiger partial charge on any atom is -0.385 e. The minimum absolute atomic E-state index is 0.120. The van der Waals surface area contributed by atoms with Crippen LogP contribution in [-0.4, -0.2) is 26.2 Å². The third-order valence-electron chi connectivity index (χ3n) is 2.42. The summed E-state index contributed by atoms with van der Waals surface area (Å²) in [6.07, 6.45) is 1.84. The second-order valence-electron chi connectivity index (χ2n) is 3.90. The van der Waals surface area contributed by atoms with Gasteiger partial charge in [0.25, 0.3) is 5.91 Å². The fraction of sp³-hybridized carbons (Fsp3) is 0.286.